The van der Waals surface area contributed by atoms with Crippen LogP contribution in [0, 0.1) is 0 Å². The summed E-state index contributed by atoms with van der Waals surface area (Å²) in [7, 11) is 0. The van der Waals surface area contributed by atoms with E-state index in [1.807, 2.05) is 54.6 Å². The van der Waals surface area contributed by atoms with Gasteiger partial charge < -0.3 is 14.7 Å². The first-order valence-electron chi connectivity index (χ1n) is 12.7. The topological polar surface area (TPSA) is 95.9 Å². The monoisotopic (exact) mass is 520 g/mol. The second kappa shape index (κ2) is 11.6. The van der Waals surface area contributed by atoms with Gasteiger partial charge in [-0.15, -0.1) is 0 Å². The Hall–Kier alpha value is -4.91. The molecule has 2 amide bonds. The van der Waals surface area contributed by atoms with Crippen LogP contribution in [0.3, 0.4) is 0 Å². The Balaban J connectivity index is 1.17. The van der Waals surface area contributed by atoms with E-state index in [2.05, 4.69) is 29.6 Å². The number of carbonyl (C=O) groups excluding carboxylic acids is 2. The quantitative estimate of drug-likeness (QED) is 0.295. The summed E-state index contributed by atoms with van der Waals surface area (Å²) >= 11 is 0. The molecule has 0 atom stereocenters. The molecule has 0 fully saturated rings. The minimum absolute atomic E-state index is 0.0267. The molecular formula is C32H28N2O5. The van der Waals surface area contributed by atoms with Crippen molar-refractivity contribution in [3.63, 3.8) is 0 Å². The SMILES string of the molecule is O=C(O)CN(Cc1ccccc1)C(=O)Cc1ccc(NC(=O)OCC2c3ccccc3-c3ccccc32)cc1. The van der Waals surface area contributed by atoms with Crippen LogP contribution in [0.2, 0.25) is 0 Å². The molecule has 4 aromatic rings. The molecule has 1 aliphatic rings. The van der Waals surface area contributed by atoms with Gasteiger partial charge in [0.25, 0.3) is 0 Å². The van der Waals surface area contributed by atoms with Crippen molar-refractivity contribution in [3.05, 3.63) is 125 Å². The van der Waals surface area contributed by atoms with Crippen LogP contribution < -0.4 is 5.32 Å². The van der Waals surface area contributed by atoms with E-state index in [1.54, 1.807) is 24.3 Å². The lowest BCUT2D eigenvalue weighted by Gasteiger charge is -2.21. The molecule has 0 aliphatic heterocycles. The van der Waals surface area contributed by atoms with E-state index in [-0.39, 0.29) is 37.9 Å². The number of rotatable bonds is 9. The number of hydrogen-bond acceptors (Lipinski definition) is 4. The Bertz CT molecular complexity index is 1440. The molecule has 196 valence electrons. The summed E-state index contributed by atoms with van der Waals surface area (Å²) in [5.41, 5.74) is 6.72. The third-order valence-corrected chi connectivity index (χ3v) is 6.79. The molecule has 5 rings (SSSR count). The largest absolute Gasteiger partial charge is 0.480 e. The summed E-state index contributed by atoms with van der Waals surface area (Å²) in [6.07, 6.45) is -0.512. The van der Waals surface area contributed by atoms with Gasteiger partial charge in [0.15, 0.2) is 0 Å². The number of carbonyl (C=O) groups is 3. The molecule has 7 heteroatoms. The van der Waals surface area contributed by atoms with E-state index in [0.717, 1.165) is 27.8 Å². The van der Waals surface area contributed by atoms with Crippen molar-refractivity contribution in [1.29, 1.82) is 0 Å². The number of amides is 2. The number of aliphatic carboxylic acids is 1. The average Bonchev–Trinajstić information content (AvgIpc) is 3.26. The summed E-state index contributed by atoms with van der Waals surface area (Å²) in [5, 5.41) is 12.0. The Morgan fingerprint density at radius 2 is 1.33 bits per heavy atom. The molecule has 7 nitrogen and oxygen atoms in total. The Labute approximate surface area is 226 Å². The van der Waals surface area contributed by atoms with Gasteiger partial charge in [0, 0.05) is 18.2 Å². The molecule has 0 unspecified atom stereocenters. The Morgan fingerprint density at radius 3 is 1.95 bits per heavy atom. The second-order valence-corrected chi connectivity index (χ2v) is 9.45. The summed E-state index contributed by atoms with van der Waals surface area (Å²) in [5.74, 6) is -1.39. The minimum atomic E-state index is -1.07. The molecule has 0 radical (unpaired) electrons. The van der Waals surface area contributed by atoms with Crippen LogP contribution in [0.1, 0.15) is 28.2 Å². The van der Waals surface area contributed by atoms with Gasteiger partial charge in [-0.3, -0.25) is 14.9 Å². The molecule has 1 aliphatic carbocycles. The highest BCUT2D eigenvalue weighted by atomic mass is 16.5. The second-order valence-electron chi connectivity index (χ2n) is 9.45. The zero-order valence-corrected chi connectivity index (χ0v) is 21.2. The number of fused-ring (bicyclic) bond motifs is 3. The third-order valence-electron chi connectivity index (χ3n) is 6.79. The van der Waals surface area contributed by atoms with Crippen molar-refractivity contribution in [3.8, 4) is 11.1 Å². The van der Waals surface area contributed by atoms with Gasteiger partial charge in [-0.2, -0.15) is 0 Å². The number of nitrogens with one attached hydrogen (secondary N) is 1. The van der Waals surface area contributed by atoms with Gasteiger partial charge in [-0.05, 0) is 45.5 Å². The zero-order chi connectivity index (χ0) is 27.2. The fourth-order valence-electron chi connectivity index (χ4n) is 4.94. The summed E-state index contributed by atoms with van der Waals surface area (Å²) < 4.78 is 5.60. The number of carboxylic acids is 1. The third kappa shape index (κ3) is 6.15. The van der Waals surface area contributed by atoms with Crippen molar-refractivity contribution in [1.82, 2.24) is 4.90 Å². The lowest BCUT2D eigenvalue weighted by molar-refractivity contribution is -0.144. The van der Waals surface area contributed by atoms with Gasteiger partial charge in [0.1, 0.15) is 13.2 Å². The smallest absolute Gasteiger partial charge is 0.411 e. The van der Waals surface area contributed by atoms with Crippen LogP contribution >= 0.6 is 0 Å². The highest BCUT2D eigenvalue weighted by Crippen LogP contribution is 2.44. The first-order chi connectivity index (χ1) is 19.0. The van der Waals surface area contributed by atoms with Crippen LogP contribution in [-0.2, 0) is 27.3 Å². The summed E-state index contributed by atoms with van der Waals surface area (Å²) in [4.78, 5) is 38.1. The summed E-state index contributed by atoms with van der Waals surface area (Å²) in [6, 6.07) is 32.4. The number of ether oxygens (including phenoxy) is 1. The molecule has 39 heavy (non-hydrogen) atoms. The van der Waals surface area contributed by atoms with Crippen molar-refractivity contribution < 1.29 is 24.2 Å². The minimum Gasteiger partial charge on any atom is -0.480 e. The maximum atomic E-state index is 12.9. The van der Waals surface area contributed by atoms with E-state index in [1.165, 1.54) is 4.90 Å². The normalized spacial score (nSPS) is 11.8. The van der Waals surface area contributed by atoms with Crippen LogP contribution in [-0.4, -0.2) is 41.1 Å². The molecule has 4 aromatic carbocycles. The van der Waals surface area contributed by atoms with E-state index >= 15 is 0 Å². The van der Waals surface area contributed by atoms with Crippen molar-refractivity contribution in [2.24, 2.45) is 0 Å². The average molecular weight is 521 g/mol. The Kier molecular flexibility index (Phi) is 7.68. The van der Waals surface area contributed by atoms with Crippen LogP contribution in [0.4, 0.5) is 10.5 Å². The predicted octanol–water partition coefficient (Wildman–Crippen LogP) is 5.70. The van der Waals surface area contributed by atoms with E-state index in [4.69, 9.17) is 4.74 Å². The van der Waals surface area contributed by atoms with Gasteiger partial charge in [-0.25, -0.2) is 4.79 Å². The van der Waals surface area contributed by atoms with E-state index < -0.39 is 12.1 Å². The standard InChI is InChI=1S/C32H28N2O5/c35-30(34(20-31(36)37)19-23-8-2-1-3-9-23)18-22-14-16-24(17-15-22)33-32(38)39-21-29-27-12-6-4-10-25(27)26-11-5-7-13-28(26)29/h1-17,29H,18-21H2,(H,33,38)(H,36,37). The number of benzene rings is 4. The van der Waals surface area contributed by atoms with E-state index in [0.29, 0.717) is 11.3 Å². The molecule has 0 saturated carbocycles. The van der Waals surface area contributed by atoms with Crippen LogP contribution in [0.15, 0.2) is 103 Å². The highest BCUT2D eigenvalue weighted by Gasteiger charge is 2.29. The number of nitrogens with zero attached hydrogens (tertiary/aromatic N) is 1. The van der Waals surface area contributed by atoms with Gasteiger partial charge >= 0.3 is 12.1 Å². The maximum Gasteiger partial charge on any atom is 0.411 e. The molecular weight excluding hydrogens is 492 g/mol. The molecule has 0 aromatic heterocycles. The molecule has 0 heterocycles. The van der Waals surface area contributed by atoms with Crippen molar-refractivity contribution in [2.45, 2.75) is 18.9 Å². The maximum absolute atomic E-state index is 12.9. The van der Waals surface area contributed by atoms with Crippen molar-refractivity contribution in [2.75, 3.05) is 18.5 Å². The first-order valence-corrected chi connectivity index (χ1v) is 12.7. The molecule has 2 N–H and O–H groups in total. The number of carboxylic acid groups (broad SMARTS) is 1. The Morgan fingerprint density at radius 1 is 0.744 bits per heavy atom. The van der Waals surface area contributed by atoms with Crippen molar-refractivity contribution >= 4 is 23.7 Å². The number of hydrogen-bond donors (Lipinski definition) is 2. The lowest BCUT2D eigenvalue weighted by atomic mass is 9.98. The summed E-state index contributed by atoms with van der Waals surface area (Å²) in [6.45, 7) is 0.0514. The van der Waals surface area contributed by atoms with Crippen LogP contribution in [0.25, 0.3) is 11.1 Å². The van der Waals surface area contributed by atoms with Gasteiger partial charge in [0.05, 0.1) is 6.42 Å². The van der Waals surface area contributed by atoms with Gasteiger partial charge in [-0.1, -0.05) is 91.0 Å². The fraction of sp³-hybridized carbons (Fsp3) is 0.156. The van der Waals surface area contributed by atoms with Gasteiger partial charge in [0.2, 0.25) is 5.91 Å². The first kappa shape index (κ1) is 25.7. The van der Waals surface area contributed by atoms with E-state index in [9.17, 15) is 19.5 Å². The predicted molar refractivity (Wildman–Crippen MR) is 148 cm³/mol. The fourth-order valence-corrected chi connectivity index (χ4v) is 4.94. The highest BCUT2D eigenvalue weighted by molar-refractivity contribution is 5.86. The molecule has 0 saturated heterocycles. The number of anilines is 1. The van der Waals surface area contributed by atoms with Crippen LogP contribution in [0.5, 0.6) is 0 Å². The zero-order valence-electron chi connectivity index (χ0n) is 21.2. The lowest BCUT2D eigenvalue weighted by Crippen LogP contribution is -2.36. The molecule has 0 spiro atoms. The molecule has 0 bridgehead atoms.